The summed E-state index contributed by atoms with van der Waals surface area (Å²) >= 11 is 3.52. The fourth-order valence-electron chi connectivity index (χ4n) is 2.13. The number of rotatable bonds is 4. The second-order valence-electron chi connectivity index (χ2n) is 5.38. The van der Waals surface area contributed by atoms with Crippen LogP contribution in [0.4, 0.5) is 0 Å². The van der Waals surface area contributed by atoms with Crippen molar-refractivity contribution in [1.82, 2.24) is 4.98 Å². The third-order valence-corrected chi connectivity index (χ3v) is 5.35. The van der Waals surface area contributed by atoms with Crippen LogP contribution >= 0.6 is 23.1 Å². The largest absolute Gasteiger partial charge is 0.293 e. The lowest BCUT2D eigenvalue weighted by Crippen LogP contribution is -2.25. The number of thioether (sulfide) groups is 1. The van der Waals surface area contributed by atoms with Crippen LogP contribution in [0.25, 0.3) is 0 Å². The van der Waals surface area contributed by atoms with Crippen LogP contribution in [-0.4, -0.2) is 16.5 Å². The lowest BCUT2D eigenvalue weighted by Gasteiger charge is -2.26. The maximum atomic E-state index is 12.0. The van der Waals surface area contributed by atoms with Crippen LogP contribution in [0.5, 0.6) is 0 Å². The molecule has 0 N–H and O–H groups in total. The molecule has 0 spiro atoms. The van der Waals surface area contributed by atoms with Gasteiger partial charge in [-0.05, 0) is 24.0 Å². The lowest BCUT2D eigenvalue weighted by molar-refractivity contribution is 0.0916. The van der Waals surface area contributed by atoms with Gasteiger partial charge in [0.1, 0.15) is 5.01 Å². The van der Waals surface area contributed by atoms with Gasteiger partial charge in [0.05, 0.1) is 10.6 Å². The third kappa shape index (κ3) is 3.10. The Morgan fingerprint density at radius 2 is 2.18 bits per heavy atom. The first-order chi connectivity index (χ1) is 8.02. The van der Waals surface area contributed by atoms with Gasteiger partial charge in [-0.15, -0.1) is 11.3 Å². The van der Waals surface area contributed by atoms with Gasteiger partial charge in [0.2, 0.25) is 0 Å². The Bertz CT molecular complexity index is 423. The van der Waals surface area contributed by atoms with Gasteiger partial charge >= 0.3 is 0 Å². The van der Waals surface area contributed by atoms with Gasteiger partial charge in [0.15, 0.2) is 5.78 Å². The molecule has 94 valence electrons. The number of hydrogen-bond donors (Lipinski definition) is 0. The fraction of sp³-hybridized carbons (Fsp3) is 0.692. The van der Waals surface area contributed by atoms with Crippen LogP contribution in [0.1, 0.15) is 54.0 Å². The predicted molar refractivity (Wildman–Crippen MR) is 75.0 cm³/mol. The van der Waals surface area contributed by atoms with E-state index in [0.717, 1.165) is 27.8 Å². The van der Waals surface area contributed by atoms with Crippen LogP contribution in [0.15, 0.2) is 0 Å². The van der Waals surface area contributed by atoms with E-state index in [0.29, 0.717) is 12.2 Å². The van der Waals surface area contributed by atoms with Crippen molar-refractivity contribution in [2.45, 2.75) is 45.8 Å². The molecule has 0 amide bonds. The van der Waals surface area contributed by atoms with E-state index < -0.39 is 0 Å². The zero-order chi connectivity index (χ0) is 12.5. The molecule has 0 saturated carbocycles. The predicted octanol–water partition coefficient (Wildman–Crippen LogP) is 3.94. The first-order valence-electron chi connectivity index (χ1n) is 6.11. The van der Waals surface area contributed by atoms with Crippen molar-refractivity contribution in [2.75, 3.05) is 5.75 Å². The summed E-state index contributed by atoms with van der Waals surface area (Å²) < 4.78 is 0. The number of thiazole rings is 1. The average molecular weight is 269 g/mol. The van der Waals surface area contributed by atoms with E-state index >= 15 is 0 Å². The molecular formula is C13H19NOS2. The molecule has 1 heterocycles. The van der Waals surface area contributed by atoms with Gasteiger partial charge in [-0.25, -0.2) is 4.98 Å². The average Bonchev–Trinajstić information content (AvgIpc) is 2.59. The molecule has 0 aromatic carbocycles. The van der Waals surface area contributed by atoms with Crippen LogP contribution in [0.2, 0.25) is 0 Å². The van der Waals surface area contributed by atoms with E-state index in [9.17, 15) is 4.79 Å². The molecule has 0 saturated heterocycles. The number of carbonyl (C=O) groups excluding carboxylic acids is 1. The number of ketones is 1. The number of nitrogens with zero attached hydrogens (tertiary/aromatic N) is 1. The number of aromatic nitrogens is 1. The van der Waals surface area contributed by atoms with E-state index in [4.69, 9.17) is 0 Å². The Kier molecular flexibility index (Phi) is 3.93. The van der Waals surface area contributed by atoms with Gasteiger partial charge in [-0.3, -0.25) is 4.79 Å². The van der Waals surface area contributed by atoms with E-state index in [1.54, 1.807) is 11.3 Å². The van der Waals surface area contributed by atoms with E-state index in [1.165, 1.54) is 12.2 Å². The summed E-state index contributed by atoms with van der Waals surface area (Å²) in [6.45, 7) is 6.49. The molecule has 1 aliphatic carbocycles. The Balaban J connectivity index is 2.13. The lowest BCUT2D eigenvalue weighted by atomic mass is 9.78. The van der Waals surface area contributed by atoms with Gasteiger partial charge in [0, 0.05) is 12.2 Å². The van der Waals surface area contributed by atoms with Crippen molar-refractivity contribution in [1.29, 1.82) is 0 Å². The van der Waals surface area contributed by atoms with Crippen LogP contribution < -0.4 is 0 Å². The second-order valence-corrected chi connectivity index (χ2v) is 7.57. The molecule has 1 aromatic heterocycles. The Labute approximate surface area is 111 Å². The minimum Gasteiger partial charge on any atom is -0.293 e. The Morgan fingerprint density at radius 3 is 2.88 bits per heavy atom. The third-order valence-electron chi connectivity index (χ3n) is 2.85. The van der Waals surface area contributed by atoms with Crippen LogP contribution in [-0.2, 0) is 12.2 Å². The van der Waals surface area contributed by atoms with Crippen molar-refractivity contribution in [2.24, 2.45) is 5.41 Å². The Hall–Kier alpha value is -0.350. The molecule has 2 nitrogen and oxygen atoms in total. The topological polar surface area (TPSA) is 30.0 Å². The Morgan fingerprint density at radius 1 is 1.41 bits per heavy atom. The van der Waals surface area contributed by atoms with Crippen molar-refractivity contribution in [3.05, 3.63) is 15.6 Å². The van der Waals surface area contributed by atoms with E-state index in [-0.39, 0.29) is 5.41 Å². The quantitative estimate of drug-likeness (QED) is 0.775. The monoisotopic (exact) mass is 269 g/mol. The molecule has 0 aliphatic heterocycles. The van der Waals surface area contributed by atoms with Gasteiger partial charge < -0.3 is 0 Å². The molecule has 0 bridgehead atoms. The maximum absolute atomic E-state index is 12.0. The van der Waals surface area contributed by atoms with Crippen LogP contribution in [0.3, 0.4) is 0 Å². The second kappa shape index (κ2) is 5.11. The SMILES string of the molecule is CCCSCc1nc2c(s1)C(=O)CC(C)(C)C2. The summed E-state index contributed by atoms with van der Waals surface area (Å²) in [5, 5.41) is 1.12. The highest BCUT2D eigenvalue weighted by atomic mass is 32.2. The number of Topliss-reactive ketones (excluding diaryl/α,β-unsaturated/α-hetero) is 1. The molecule has 4 heteroatoms. The minimum absolute atomic E-state index is 0.0893. The van der Waals surface area contributed by atoms with E-state index in [2.05, 4.69) is 25.8 Å². The summed E-state index contributed by atoms with van der Waals surface area (Å²) in [4.78, 5) is 17.6. The van der Waals surface area contributed by atoms with Gasteiger partial charge in [-0.1, -0.05) is 20.8 Å². The molecule has 0 unspecified atom stereocenters. The summed E-state index contributed by atoms with van der Waals surface area (Å²) in [6, 6.07) is 0. The zero-order valence-corrected chi connectivity index (χ0v) is 12.3. The normalized spacial score (nSPS) is 18.2. The first kappa shape index (κ1) is 13.1. The summed E-state index contributed by atoms with van der Waals surface area (Å²) in [5.74, 6) is 2.42. The summed E-state index contributed by atoms with van der Waals surface area (Å²) in [5.41, 5.74) is 1.13. The van der Waals surface area contributed by atoms with Gasteiger partial charge in [-0.2, -0.15) is 11.8 Å². The molecule has 1 aliphatic rings. The van der Waals surface area contributed by atoms with Gasteiger partial charge in [0.25, 0.3) is 0 Å². The van der Waals surface area contributed by atoms with Crippen molar-refractivity contribution < 1.29 is 4.79 Å². The zero-order valence-electron chi connectivity index (χ0n) is 10.7. The highest BCUT2D eigenvalue weighted by Crippen LogP contribution is 2.37. The number of hydrogen-bond acceptors (Lipinski definition) is 4. The highest BCUT2D eigenvalue weighted by molar-refractivity contribution is 7.98. The maximum Gasteiger partial charge on any atom is 0.175 e. The smallest absolute Gasteiger partial charge is 0.175 e. The van der Waals surface area contributed by atoms with Crippen molar-refractivity contribution >= 4 is 28.9 Å². The minimum atomic E-state index is 0.0893. The van der Waals surface area contributed by atoms with Crippen LogP contribution in [0, 0.1) is 5.41 Å². The molecular weight excluding hydrogens is 250 g/mol. The van der Waals surface area contributed by atoms with Crippen molar-refractivity contribution in [3.8, 4) is 0 Å². The molecule has 0 fully saturated rings. The van der Waals surface area contributed by atoms with E-state index in [1.807, 2.05) is 11.8 Å². The summed E-state index contributed by atoms with van der Waals surface area (Å²) in [6.07, 6.45) is 2.81. The molecule has 0 radical (unpaired) electrons. The summed E-state index contributed by atoms with van der Waals surface area (Å²) in [7, 11) is 0. The molecule has 17 heavy (non-hydrogen) atoms. The molecule has 0 atom stereocenters. The number of carbonyl (C=O) groups is 1. The van der Waals surface area contributed by atoms with Crippen molar-refractivity contribution in [3.63, 3.8) is 0 Å². The molecule has 1 aromatic rings. The fourth-order valence-corrected chi connectivity index (χ4v) is 4.11. The molecule has 2 rings (SSSR count). The first-order valence-corrected chi connectivity index (χ1v) is 8.08. The standard InChI is InChI=1S/C13H19NOS2/c1-4-5-16-8-11-14-9-6-13(2,3)7-10(15)12(9)17-11/h4-8H2,1-3H3. The highest BCUT2D eigenvalue weighted by Gasteiger charge is 2.33. The number of fused-ring (bicyclic) bond motifs is 1.